The summed E-state index contributed by atoms with van der Waals surface area (Å²) in [7, 11) is 1.66. The number of hydrogen-bond acceptors (Lipinski definition) is 6. The van der Waals surface area contributed by atoms with Crippen LogP contribution in [-0.2, 0) is 6.54 Å². The van der Waals surface area contributed by atoms with Crippen LogP contribution in [0.25, 0.3) is 0 Å². The summed E-state index contributed by atoms with van der Waals surface area (Å²) < 4.78 is 5.15. The lowest BCUT2D eigenvalue weighted by Gasteiger charge is -2.16. The second-order valence-corrected chi connectivity index (χ2v) is 5.33. The molecule has 22 heavy (non-hydrogen) atoms. The molecule has 2 heterocycles. The zero-order valence-electron chi connectivity index (χ0n) is 12.6. The number of benzene rings is 1. The Balaban J connectivity index is 1.62. The molecule has 1 fully saturated rings. The van der Waals surface area contributed by atoms with Crippen molar-refractivity contribution in [2.24, 2.45) is 0 Å². The summed E-state index contributed by atoms with van der Waals surface area (Å²) in [6.07, 6.45) is 2.23. The zero-order chi connectivity index (χ0) is 15.4. The molecule has 0 spiro atoms. The molecule has 1 aliphatic heterocycles. The van der Waals surface area contributed by atoms with Gasteiger partial charge in [0.05, 0.1) is 13.2 Å². The molecule has 2 aromatic rings. The first-order valence-electron chi connectivity index (χ1n) is 7.37. The molecule has 0 aliphatic carbocycles. The van der Waals surface area contributed by atoms with E-state index >= 15 is 0 Å². The van der Waals surface area contributed by atoms with Crippen molar-refractivity contribution < 1.29 is 9.84 Å². The molecule has 0 amide bonds. The van der Waals surface area contributed by atoms with Crippen LogP contribution in [0.1, 0.15) is 12.0 Å². The topological polar surface area (TPSA) is 70.5 Å². The second-order valence-electron chi connectivity index (χ2n) is 5.33. The van der Waals surface area contributed by atoms with Crippen LogP contribution >= 0.6 is 0 Å². The zero-order valence-corrected chi connectivity index (χ0v) is 12.6. The Kier molecular flexibility index (Phi) is 4.39. The predicted molar refractivity (Wildman–Crippen MR) is 85.2 cm³/mol. The van der Waals surface area contributed by atoms with E-state index in [1.54, 1.807) is 13.3 Å². The molecule has 1 aromatic heterocycles. The van der Waals surface area contributed by atoms with Crippen LogP contribution in [0.15, 0.2) is 36.5 Å². The summed E-state index contributed by atoms with van der Waals surface area (Å²) in [5.41, 5.74) is 1.15. The van der Waals surface area contributed by atoms with E-state index in [0.717, 1.165) is 30.1 Å². The Hall–Kier alpha value is -2.34. The molecule has 6 heteroatoms. The summed E-state index contributed by atoms with van der Waals surface area (Å²) in [5.74, 6) is 2.29. The summed E-state index contributed by atoms with van der Waals surface area (Å²) in [6, 6.07) is 9.76. The highest BCUT2D eigenvalue weighted by atomic mass is 16.5. The fraction of sp³-hybridized carbons (Fsp3) is 0.375. The van der Waals surface area contributed by atoms with Crippen LogP contribution in [0, 0.1) is 0 Å². The van der Waals surface area contributed by atoms with Gasteiger partial charge in [0, 0.05) is 25.8 Å². The number of β-amino-alcohol motifs (C(OH)–C–C–N with tert-alkyl or cyclic N) is 1. The minimum Gasteiger partial charge on any atom is -0.497 e. The van der Waals surface area contributed by atoms with E-state index in [0.29, 0.717) is 19.0 Å². The normalized spacial score (nSPS) is 17.5. The van der Waals surface area contributed by atoms with Gasteiger partial charge in [0.15, 0.2) is 0 Å². The first-order chi connectivity index (χ1) is 10.7. The summed E-state index contributed by atoms with van der Waals surface area (Å²) in [4.78, 5) is 10.8. The highest BCUT2D eigenvalue weighted by Crippen LogP contribution is 2.18. The van der Waals surface area contributed by atoms with Crippen LogP contribution in [0.5, 0.6) is 5.75 Å². The monoisotopic (exact) mass is 300 g/mol. The van der Waals surface area contributed by atoms with Crippen molar-refractivity contribution in [2.45, 2.75) is 19.1 Å². The van der Waals surface area contributed by atoms with Crippen LogP contribution in [0.2, 0.25) is 0 Å². The minimum atomic E-state index is -0.278. The van der Waals surface area contributed by atoms with E-state index in [1.807, 2.05) is 35.2 Å². The fourth-order valence-electron chi connectivity index (χ4n) is 2.46. The standard InChI is InChI=1S/C16H20N4O2/c1-22-14-4-2-12(3-5-14)10-18-15-6-8-17-16(19-15)20-9-7-13(21)11-20/h2-6,8,13,21H,7,9-11H2,1H3,(H,17,18,19). The Morgan fingerprint density at radius 3 is 2.82 bits per heavy atom. The number of methoxy groups -OCH3 is 1. The average Bonchev–Trinajstić information content (AvgIpc) is 3.00. The first-order valence-corrected chi connectivity index (χ1v) is 7.37. The fourth-order valence-corrected chi connectivity index (χ4v) is 2.46. The summed E-state index contributed by atoms with van der Waals surface area (Å²) in [5, 5.41) is 12.9. The largest absolute Gasteiger partial charge is 0.497 e. The van der Waals surface area contributed by atoms with Gasteiger partial charge in [-0.1, -0.05) is 12.1 Å². The number of aromatic nitrogens is 2. The van der Waals surface area contributed by atoms with Gasteiger partial charge < -0.3 is 20.1 Å². The number of ether oxygens (including phenoxy) is 1. The van der Waals surface area contributed by atoms with E-state index in [9.17, 15) is 5.11 Å². The molecule has 1 unspecified atom stereocenters. The Bertz CT molecular complexity index is 618. The van der Waals surface area contributed by atoms with Crippen LogP contribution in [-0.4, -0.2) is 41.4 Å². The van der Waals surface area contributed by atoms with Crippen molar-refractivity contribution in [2.75, 3.05) is 30.4 Å². The van der Waals surface area contributed by atoms with E-state index in [1.165, 1.54) is 0 Å². The van der Waals surface area contributed by atoms with Gasteiger partial charge in [0.2, 0.25) is 5.95 Å². The molecule has 1 saturated heterocycles. The Morgan fingerprint density at radius 1 is 1.32 bits per heavy atom. The molecule has 0 bridgehead atoms. The molecular weight excluding hydrogens is 280 g/mol. The van der Waals surface area contributed by atoms with Gasteiger partial charge in [-0.05, 0) is 30.2 Å². The molecule has 1 aliphatic rings. The van der Waals surface area contributed by atoms with Crippen molar-refractivity contribution in [1.82, 2.24) is 9.97 Å². The molecule has 0 radical (unpaired) electrons. The number of nitrogens with one attached hydrogen (secondary N) is 1. The van der Waals surface area contributed by atoms with Crippen molar-refractivity contribution in [3.05, 3.63) is 42.1 Å². The Labute approximate surface area is 129 Å². The maximum absolute atomic E-state index is 9.60. The third kappa shape index (κ3) is 3.46. The third-order valence-electron chi connectivity index (χ3n) is 3.72. The smallest absolute Gasteiger partial charge is 0.227 e. The molecular formula is C16H20N4O2. The molecule has 0 saturated carbocycles. The van der Waals surface area contributed by atoms with Gasteiger partial charge in [-0.25, -0.2) is 4.98 Å². The lowest BCUT2D eigenvalue weighted by molar-refractivity contribution is 0.198. The number of anilines is 2. The van der Waals surface area contributed by atoms with Crippen LogP contribution < -0.4 is 15.0 Å². The number of nitrogens with zero attached hydrogens (tertiary/aromatic N) is 3. The maximum atomic E-state index is 9.60. The van der Waals surface area contributed by atoms with E-state index < -0.39 is 0 Å². The van der Waals surface area contributed by atoms with Crippen molar-refractivity contribution >= 4 is 11.8 Å². The first kappa shape index (κ1) is 14.6. The quantitative estimate of drug-likeness (QED) is 0.875. The van der Waals surface area contributed by atoms with Crippen LogP contribution in [0.3, 0.4) is 0 Å². The van der Waals surface area contributed by atoms with Crippen molar-refractivity contribution in [1.29, 1.82) is 0 Å². The van der Waals surface area contributed by atoms with Crippen molar-refractivity contribution in [3.8, 4) is 5.75 Å². The van der Waals surface area contributed by atoms with Crippen molar-refractivity contribution in [3.63, 3.8) is 0 Å². The molecule has 3 rings (SSSR count). The highest BCUT2D eigenvalue weighted by Gasteiger charge is 2.22. The van der Waals surface area contributed by atoms with Gasteiger partial charge in [0.1, 0.15) is 11.6 Å². The van der Waals surface area contributed by atoms with Gasteiger partial charge in [-0.2, -0.15) is 4.98 Å². The lowest BCUT2D eigenvalue weighted by Crippen LogP contribution is -2.23. The molecule has 1 atom stereocenters. The maximum Gasteiger partial charge on any atom is 0.227 e. The van der Waals surface area contributed by atoms with Gasteiger partial charge in [-0.3, -0.25) is 0 Å². The lowest BCUT2D eigenvalue weighted by atomic mass is 10.2. The second kappa shape index (κ2) is 6.62. The van der Waals surface area contributed by atoms with Gasteiger partial charge >= 0.3 is 0 Å². The third-order valence-corrected chi connectivity index (χ3v) is 3.72. The molecule has 2 N–H and O–H groups in total. The number of aliphatic hydroxyl groups is 1. The van der Waals surface area contributed by atoms with E-state index in [4.69, 9.17) is 4.74 Å². The highest BCUT2D eigenvalue weighted by molar-refractivity contribution is 5.42. The summed E-state index contributed by atoms with van der Waals surface area (Å²) >= 11 is 0. The average molecular weight is 300 g/mol. The Morgan fingerprint density at radius 2 is 2.14 bits per heavy atom. The number of rotatable bonds is 5. The molecule has 6 nitrogen and oxygen atoms in total. The number of hydrogen-bond donors (Lipinski definition) is 2. The van der Waals surface area contributed by atoms with Crippen LogP contribution in [0.4, 0.5) is 11.8 Å². The van der Waals surface area contributed by atoms with Gasteiger partial charge in [-0.15, -0.1) is 0 Å². The molecule has 1 aromatic carbocycles. The number of aliphatic hydroxyl groups excluding tert-OH is 1. The SMILES string of the molecule is COc1ccc(CNc2ccnc(N3CCC(O)C3)n2)cc1. The predicted octanol–water partition coefficient (Wildman–Crippen LogP) is 1.67. The molecule has 116 valence electrons. The van der Waals surface area contributed by atoms with Gasteiger partial charge in [0.25, 0.3) is 0 Å². The van der Waals surface area contributed by atoms with E-state index in [-0.39, 0.29) is 6.10 Å². The summed E-state index contributed by atoms with van der Waals surface area (Å²) in [6.45, 7) is 2.08. The minimum absolute atomic E-state index is 0.278. The van der Waals surface area contributed by atoms with E-state index in [2.05, 4.69) is 15.3 Å².